The molecule has 53 heavy (non-hydrogen) atoms. The molecule has 0 aliphatic carbocycles. The van der Waals surface area contributed by atoms with Crippen LogP contribution in [0.15, 0.2) is 0 Å². The van der Waals surface area contributed by atoms with Crippen molar-refractivity contribution in [3.63, 3.8) is 0 Å². The van der Waals surface area contributed by atoms with Crippen LogP contribution in [0.4, 0.5) is 0 Å². The third kappa shape index (κ3) is 33.8. The summed E-state index contributed by atoms with van der Waals surface area (Å²) in [5.74, 6) is 0.0354. The monoisotopic (exact) mass is 765 g/mol. The summed E-state index contributed by atoms with van der Waals surface area (Å²) in [6.07, 6.45) is 5.15. The number of nitrogens with one attached hydrogen (secondary N) is 4. The summed E-state index contributed by atoms with van der Waals surface area (Å²) in [6, 6.07) is 0. The summed E-state index contributed by atoms with van der Waals surface area (Å²) in [5.41, 5.74) is -0.690. The van der Waals surface area contributed by atoms with Crippen LogP contribution in [-0.2, 0) is 57.1 Å². The van der Waals surface area contributed by atoms with E-state index in [0.29, 0.717) is 131 Å². The van der Waals surface area contributed by atoms with Crippen LogP contribution in [0.3, 0.4) is 0 Å². The normalized spacial score (nSPS) is 11.4. The third-order valence-corrected chi connectivity index (χ3v) is 7.30. The minimum atomic E-state index is -0.690. The Labute approximate surface area is 318 Å². The second kappa shape index (κ2) is 37.9. The quantitative estimate of drug-likeness (QED) is 0.0663. The molecule has 4 N–H and O–H groups in total. The number of carbonyl (C=O) groups excluding carboxylic acids is 4. The average molecular weight is 765 g/mol. The highest BCUT2D eigenvalue weighted by molar-refractivity contribution is 5.76. The van der Waals surface area contributed by atoms with Crippen LogP contribution < -0.4 is 21.3 Å². The van der Waals surface area contributed by atoms with E-state index in [9.17, 15) is 19.2 Å². The van der Waals surface area contributed by atoms with Gasteiger partial charge in [-0.25, -0.2) is 0 Å². The van der Waals surface area contributed by atoms with Gasteiger partial charge in [0.1, 0.15) is 0 Å². The number of rotatable bonds is 40. The molecule has 0 saturated carbocycles. The Bertz CT molecular complexity index is 758. The molecule has 0 saturated heterocycles. The standard InChI is InChI=1S/C37H72N4O12/c1-5-9-33(42)38-13-17-46-21-25-50-29-37(30-51-26-22-47-18-14-39-34(43)10-6-2,31-52-27-23-48-19-15-40-35(44)11-7-3)32-53-28-24-49-20-16-41-36(45)12-8-4/h5-32H2,1-4H3,(H,38,42)(H,39,43)(H,40,44)(H,41,45). The van der Waals surface area contributed by atoms with Crippen LogP contribution in [0.25, 0.3) is 0 Å². The van der Waals surface area contributed by atoms with Gasteiger partial charge in [-0.2, -0.15) is 0 Å². The molecule has 0 radical (unpaired) electrons. The Morgan fingerprint density at radius 1 is 0.340 bits per heavy atom. The Kier molecular flexibility index (Phi) is 36.1. The van der Waals surface area contributed by atoms with Crippen LogP contribution in [0.5, 0.6) is 0 Å². The van der Waals surface area contributed by atoms with Crippen molar-refractivity contribution in [1.82, 2.24) is 21.3 Å². The van der Waals surface area contributed by atoms with Gasteiger partial charge < -0.3 is 59.2 Å². The molecule has 0 unspecified atom stereocenters. The Hall–Kier alpha value is -2.44. The lowest BCUT2D eigenvalue weighted by atomic mass is 9.92. The molecule has 0 rings (SSSR count). The molecule has 0 spiro atoms. The van der Waals surface area contributed by atoms with Crippen molar-refractivity contribution in [3.05, 3.63) is 0 Å². The molecule has 0 aromatic heterocycles. The van der Waals surface area contributed by atoms with Gasteiger partial charge in [-0.15, -0.1) is 0 Å². The van der Waals surface area contributed by atoms with Crippen molar-refractivity contribution in [1.29, 1.82) is 0 Å². The molecule has 0 heterocycles. The zero-order valence-corrected chi connectivity index (χ0v) is 33.2. The van der Waals surface area contributed by atoms with Crippen molar-refractivity contribution in [2.24, 2.45) is 5.41 Å². The number of hydrogen-bond acceptors (Lipinski definition) is 12. The van der Waals surface area contributed by atoms with E-state index in [0.717, 1.165) is 25.7 Å². The van der Waals surface area contributed by atoms with Crippen LogP contribution in [-0.4, -0.2) is 156 Å². The van der Waals surface area contributed by atoms with Gasteiger partial charge in [0.05, 0.1) is 111 Å². The third-order valence-electron chi connectivity index (χ3n) is 7.30. The molecular weight excluding hydrogens is 692 g/mol. The highest BCUT2D eigenvalue weighted by Gasteiger charge is 2.32. The van der Waals surface area contributed by atoms with E-state index in [1.165, 1.54) is 0 Å². The molecule has 0 fully saturated rings. The largest absolute Gasteiger partial charge is 0.378 e. The first kappa shape index (κ1) is 50.6. The van der Waals surface area contributed by atoms with E-state index in [4.69, 9.17) is 37.9 Å². The highest BCUT2D eigenvalue weighted by atomic mass is 16.6. The number of hydrogen-bond donors (Lipinski definition) is 4. The van der Waals surface area contributed by atoms with E-state index in [2.05, 4.69) is 21.3 Å². The van der Waals surface area contributed by atoms with E-state index in [-0.39, 0.29) is 50.1 Å². The fourth-order valence-corrected chi connectivity index (χ4v) is 4.60. The van der Waals surface area contributed by atoms with Gasteiger partial charge in [0.15, 0.2) is 0 Å². The minimum absolute atomic E-state index is 0.00885. The lowest BCUT2D eigenvalue weighted by Gasteiger charge is -2.33. The molecule has 0 aliphatic rings. The van der Waals surface area contributed by atoms with Gasteiger partial charge in [0.25, 0.3) is 0 Å². The predicted octanol–water partition coefficient (Wildman–Crippen LogP) is 1.77. The molecule has 312 valence electrons. The fourth-order valence-electron chi connectivity index (χ4n) is 4.60. The van der Waals surface area contributed by atoms with Gasteiger partial charge in [-0.3, -0.25) is 19.2 Å². The highest BCUT2D eigenvalue weighted by Crippen LogP contribution is 2.21. The smallest absolute Gasteiger partial charge is 0.220 e. The van der Waals surface area contributed by atoms with Gasteiger partial charge in [-0.1, -0.05) is 27.7 Å². The number of ether oxygens (including phenoxy) is 8. The zero-order chi connectivity index (χ0) is 39.1. The second-order valence-corrected chi connectivity index (χ2v) is 12.6. The van der Waals surface area contributed by atoms with Crippen LogP contribution in [0.1, 0.15) is 79.1 Å². The lowest BCUT2D eigenvalue weighted by molar-refractivity contribution is -0.122. The topological polar surface area (TPSA) is 190 Å². The molecular formula is C37H72N4O12. The van der Waals surface area contributed by atoms with E-state index < -0.39 is 5.41 Å². The van der Waals surface area contributed by atoms with Gasteiger partial charge in [0, 0.05) is 51.9 Å². The first-order valence-electron chi connectivity index (χ1n) is 19.5. The molecule has 0 bridgehead atoms. The van der Waals surface area contributed by atoms with Crippen LogP contribution in [0.2, 0.25) is 0 Å². The summed E-state index contributed by atoms with van der Waals surface area (Å²) in [5, 5.41) is 11.3. The number of amides is 4. The first-order chi connectivity index (χ1) is 25.8. The van der Waals surface area contributed by atoms with Crippen molar-refractivity contribution < 1.29 is 57.1 Å². The van der Waals surface area contributed by atoms with Crippen LogP contribution >= 0.6 is 0 Å². The lowest BCUT2D eigenvalue weighted by Crippen LogP contribution is -2.43. The summed E-state index contributed by atoms with van der Waals surface area (Å²) < 4.78 is 46.8. The predicted molar refractivity (Wildman–Crippen MR) is 201 cm³/mol. The zero-order valence-electron chi connectivity index (χ0n) is 33.2. The van der Waals surface area contributed by atoms with Crippen LogP contribution in [0, 0.1) is 5.41 Å². The number of carbonyl (C=O) groups is 4. The van der Waals surface area contributed by atoms with Crippen molar-refractivity contribution in [2.45, 2.75) is 79.1 Å². The Balaban J connectivity index is 5.08. The summed E-state index contributed by atoms with van der Waals surface area (Å²) in [7, 11) is 0. The van der Waals surface area contributed by atoms with E-state index in [1.54, 1.807) is 0 Å². The van der Waals surface area contributed by atoms with Crippen molar-refractivity contribution in [3.8, 4) is 0 Å². The van der Waals surface area contributed by atoms with Gasteiger partial charge in [0.2, 0.25) is 23.6 Å². The van der Waals surface area contributed by atoms with Gasteiger partial charge in [-0.05, 0) is 25.7 Å². The Morgan fingerprint density at radius 2 is 0.547 bits per heavy atom. The van der Waals surface area contributed by atoms with Crippen molar-refractivity contribution in [2.75, 3.05) is 132 Å². The maximum absolute atomic E-state index is 11.7. The van der Waals surface area contributed by atoms with E-state index >= 15 is 0 Å². The fraction of sp³-hybridized carbons (Fsp3) is 0.892. The van der Waals surface area contributed by atoms with Gasteiger partial charge >= 0.3 is 0 Å². The maximum Gasteiger partial charge on any atom is 0.220 e. The average Bonchev–Trinajstić information content (AvgIpc) is 3.13. The molecule has 0 aromatic carbocycles. The summed E-state index contributed by atoms with van der Waals surface area (Å²) in [4.78, 5) is 46.6. The minimum Gasteiger partial charge on any atom is -0.378 e. The molecule has 0 atom stereocenters. The van der Waals surface area contributed by atoms with Crippen molar-refractivity contribution >= 4 is 23.6 Å². The Morgan fingerprint density at radius 3 is 0.755 bits per heavy atom. The SMILES string of the molecule is CCCC(=O)NCCOCCOCC(COCCOCCNC(=O)CCC)(COCCOCCNC(=O)CCC)COCCOCCNC(=O)CCC. The molecule has 16 heteroatoms. The molecule has 0 aliphatic heterocycles. The van der Waals surface area contributed by atoms with E-state index in [1.807, 2.05) is 27.7 Å². The first-order valence-corrected chi connectivity index (χ1v) is 19.5. The maximum atomic E-state index is 11.7. The summed E-state index contributed by atoms with van der Waals surface area (Å²) in [6.45, 7) is 14.7. The summed E-state index contributed by atoms with van der Waals surface area (Å²) >= 11 is 0. The molecule has 4 amide bonds. The molecule has 0 aromatic rings. The second-order valence-electron chi connectivity index (χ2n) is 12.6. The molecule has 16 nitrogen and oxygen atoms in total.